The van der Waals surface area contributed by atoms with Gasteiger partial charge in [-0.15, -0.1) is 0 Å². The van der Waals surface area contributed by atoms with E-state index in [1.807, 2.05) is 0 Å². The quantitative estimate of drug-likeness (QED) is 0.167. The number of fused-ring (bicyclic) bond motifs is 10. The van der Waals surface area contributed by atoms with Gasteiger partial charge in [0.15, 0.2) is 5.82 Å². The van der Waals surface area contributed by atoms with Gasteiger partial charge in [-0.2, -0.15) is 0 Å². The third-order valence-corrected chi connectivity index (χ3v) is 14.8. The minimum absolute atomic E-state index is 0.687. The summed E-state index contributed by atoms with van der Waals surface area (Å²) in [5.41, 5.74) is 15.3. The first-order valence-corrected chi connectivity index (χ1v) is 24.6. The number of nitrogens with zero attached hydrogens (tertiary/aromatic N) is 4. The van der Waals surface area contributed by atoms with E-state index in [0.29, 0.717) is 5.82 Å². The summed E-state index contributed by atoms with van der Waals surface area (Å²) >= 11 is 0. The van der Waals surface area contributed by atoms with Crippen LogP contribution in [0.4, 0.5) is 0 Å². The van der Waals surface area contributed by atoms with Crippen molar-refractivity contribution in [3.05, 3.63) is 255 Å². The first-order chi connectivity index (χ1) is 35.7. The van der Waals surface area contributed by atoms with Gasteiger partial charge in [-0.25, -0.2) is 9.97 Å². The molecule has 4 heteroatoms. The van der Waals surface area contributed by atoms with E-state index in [1.54, 1.807) is 0 Å². The molecule has 15 rings (SSSR count). The van der Waals surface area contributed by atoms with E-state index in [0.717, 1.165) is 83.2 Å². The van der Waals surface area contributed by atoms with Gasteiger partial charge >= 0.3 is 0 Å². The molecule has 4 nitrogen and oxygen atoms in total. The van der Waals surface area contributed by atoms with Crippen LogP contribution in [0, 0.1) is 0 Å². The molecule has 0 N–H and O–H groups in total. The topological polar surface area (TPSA) is 35.6 Å². The molecule has 3 aromatic heterocycles. The predicted octanol–water partition coefficient (Wildman–Crippen LogP) is 18.0. The van der Waals surface area contributed by atoms with Gasteiger partial charge in [0.05, 0.1) is 44.7 Å². The zero-order chi connectivity index (χ0) is 47.3. The van der Waals surface area contributed by atoms with Crippen molar-refractivity contribution in [1.82, 2.24) is 19.1 Å². The van der Waals surface area contributed by atoms with Crippen molar-refractivity contribution in [3.8, 4) is 56.3 Å². The number of para-hydroxylation sites is 2. The van der Waals surface area contributed by atoms with Crippen molar-refractivity contribution < 1.29 is 0 Å². The Morgan fingerprint density at radius 1 is 0.264 bits per heavy atom. The van der Waals surface area contributed by atoms with Gasteiger partial charge in [-0.05, 0) is 122 Å². The second-order valence-corrected chi connectivity index (χ2v) is 18.9. The largest absolute Gasteiger partial charge is 0.309 e. The van der Waals surface area contributed by atoms with Crippen LogP contribution in [0.5, 0.6) is 0 Å². The summed E-state index contributed by atoms with van der Waals surface area (Å²) < 4.78 is 5.00. The molecule has 0 atom stereocenters. The van der Waals surface area contributed by atoms with Crippen LogP contribution in [-0.4, -0.2) is 19.1 Å². The Kier molecular flexibility index (Phi) is 8.92. The number of hydrogen-bond donors (Lipinski definition) is 0. The van der Waals surface area contributed by atoms with Gasteiger partial charge in [0, 0.05) is 43.4 Å². The molecular weight excluding hydrogens is 873 g/mol. The molecule has 334 valence electrons. The van der Waals surface area contributed by atoms with Crippen molar-refractivity contribution in [1.29, 1.82) is 0 Å². The Balaban J connectivity index is 0.981. The lowest BCUT2D eigenvalue weighted by atomic mass is 9.95. The fourth-order valence-electron chi connectivity index (χ4n) is 11.5. The molecule has 0 spiro atoms. The maximum absolute atomic E-state index is 5.58. The third-order valence-electron chi connectivity index (χ3n) is 14.8. The zero-order valence-corrected chi connectivity index (χ0v) is 39.0. The number of hydrogen-bond acceptors (Lipinski definition) is 2. The van der Waals surface area contributed by atoms with Gasteiger partial charge in [-0.3, -0.25) is 0 Å². The highest BCUT2D eigenvalue weighted by molar-refractivity contribution is 6.20. The maximum Gasteiger partial charge on any atom is 0.160 e. The summed E-state index contributed by atoms with van der Waals surface area (Å²) in [7, 11) is 0. The van der Waals surface area contributed by atoms with E-state index in [4.69, 9.17) is 9.97 Å². The summed E-state index contributed by atoms with van der Waals surface area (Å²) in [6.45, 7) is 0. The van der Waals surface area contributed by atoms with Crippen molar-refractivity contribution in [2.45, 2.75) is 0 Å². The Morgan fingerprint density at radius 3 is 1.47 bits per heavy atom. The van der Waals surface area contributed by atoms with Crippen LogP contribution >= 0.6 is 0 Å². The maximum atomic E-state index is 5.58. The standard InChI is InChI=1S/C68H42N4/c1-3-18-43(19-4-1)49-36-50(44-20-5-2-6-21-44)38-51(37-49)68-69-59-30-15-13-29-56(59)67(70-68)55-34-35-61(53-27-12-11-26-52(53)55)72-63-33-17-32-62(66(63)58-40-46-23-8-10-25-48(46)42-65(58)72)71-60-31-16-14-28-54(60)57-39-45-22-7-9-24-47(45)41-64(57)71/h1-42H. The smallest absolute Gasteiger partial charge is 0.160 e. The highest BCUT2D eigenvalue weighted by Crippen LogP contribution is 2.45. The Hall–Kier alpha value is -9.64. The number of aromatic nitrogens is 4. The Bertz CT molecular complexity index is 4620. The summed E-state index contributed by atoms with van der Waals surface area (Å²) in [6.07, 6.45) is 0. The molecular formula is C68H42N4. The van der Waals surface area contributed by atoms with Crippen LogP contribution in [0.2, 0.25) is 0 Å². The van der Waals surface area contributed by atoms with Crippen LogP contribution in [0.3, 0.4) is 0 Å². The first-order valence-electron chi connectivity index (χ1n) is 24.6. The second kappa shape index (κ2) is 16.0. The molecule has 0 amide bonds. The van der Waals surface area contributed by atoms with E-state index in [9.17, 15) is 0 Å². The Morgan fingerprint density at radius 2 is 0.778 bits per heavy atom. The highest BCUT2D eigenvalue weighted by atomic mass is 15.0. The van der Waals surface area contributed by atoms with Crippen molar-refractivity contribution >= 4 is 86.8 Å². The molecule has 0 aliphatic rings. The summed E-state index contributed by atoms with van der Waals surface area (Å²) in [5, 5.41) is 13.0. The monoisotopic (exact) mass is 914 g/mol. The molecule has 12 aromatic carbocycles. The van der Waals surface area contributed by atoms with E-state index in [-0.39, 0.29) is 0 Å². The zero-order valence-electron chi connectivity index (χ0n) is 39.0. The van der Waals surface area contributed by atoms with Gasteiger partial charge in [-0.1, -0.05) is 182 Å². The molecule has 15 aromatic rings. The van der Waals surface area contributed by atoms with Crippen molar-refractivity contribution in [2.75, 3.05) is 0 Å². The van der Waals surface area contributed by atoms with Crippen LogP contribution in [-0.2, 0) is 0 Å². The summed E-state index contributed by atoms with van der Waals surface area (Å²) in [4.78, 5) is 10.9. The van der Waals surface area contributed by atoms with Crippen LogP contribution in [0.15, 0.2) is 255 Å². The minimum Gasteiger partial charge on any atom is -0.309 e. The summed E-state index contributed by atoms with van der Waals surface area (Å²) in [6, 6.07) is 92.4. The fourth-order valence-corrected chi connectivity index (χ4v) is 11.5. The molecule has 0 radical (unpaired) electrons. The minimum atomic E-state index is 0.687. The van der Waals surface area contributed by atoms with Crippen LogP contribution < -0.4 is 0 Å². The van der Waals surface area contributed by atoms with Crippen molar-refractivity contribution in [3.63, 3.8) is 0 Å². The molecule has 0 saturated carbocycles. The average molecular weight is 915 g/mol. The van der Waals surface area contributed by atoms with Crippen LogP contribution in [0.1, 0.15) is 0 Å². The number of benzene rings is 12. The van der Waals surface area contributed by atoms with E-state index in [1.165, 1.54) is 54.1 Å². The molecule has 0 aliphatic heterocycles. The lowest BCUT2D eigenvalue weighted by Crippen LogP contribution is -1.99. The number of rotatable bonds is 6. The summed E-state index contributed by atoms with van der Waals surface area (Å²) in [5.74, 6) is 0.687. The van der Waals surface area contributed by atoms with Gasteiger partial charge in [0.1, 0.15) is 0 Å². The Labute approximate surface area is 415 Å². The molecule has 0 saturated heterocycles. The molecule has 0 fully saturated rings. The lowest BCUT2D eigenvalue weighted by molar-refractivity contribution is 1.18. The molecule has 3 heterocycles. The third kappa shape index (κ3) is 6.26. The van der Waals surface area contributed by atoms with Gasteiger partial charge in [0.2, 0.25) is 0 Å². The van der Waals surface area contributed by atoms with E-state index in [2.05, 4.69) is 264 Å². The lowest BCUT2D eigenvalue weighted by Gasteiger charge is -2.17. The van der Waals surface area contributed by atoms with E-state index >= 15 is 0 Å². The molecule has 0 unspecified atom stereocenters. The molecule has 72 heavy (non-hydrogen) atoms. The first kappa shape index (κ1) is 40.3. The molecule has 0 bridgehead atoms. The van der Waals surface area contributed by atoms with Crippen LogP contribution in [0.25, 0.3) is 143 Å². The van der Waals surface area contributed by atoms with Gasteiger partial charge < -0.3 is 9.13 Å². The highest BCUT2D eigenvalue weighted by Gasteiger charge is 2.23. The van der Waals surface area contributed by atoms with Crippen molar-refractivity contribution in [2.24, 2.45) is 0 Å². The fraction of sp³-hybridized carbons (Fsp3) is 0. The predicted molar refractivity (Wildman–Crippen MR) is 302 cm³/mol. The van der Waals surface area contributed by atoms with E-state index < -0.39 is 0 Å². The normalized spacial score (nSPS) is 11.9. The SMILES string of the molecule is c1ccc(-c2cc(-c3ccccc3)cc(-c3nc(-c4ccc(-n5c6cc7ccccc7cc6c6c(-n7c8ccccc8c8cc9ccccc9cc87)cccc65)c5ccccc45)c4ccccc4n3)c2)cc1. The average Bonchev–Trinajstić information content (AvgIpc) is 3.95. The second-order valence-electron chi connectivity index (χ2n) is 18.9. The van der Waals surface area contributed by atoms with Gasteiger partial charge in [0.25, 0.3) is 0 Å². The molecule has 0 aliphatic carbocycles.